The molecule has 2 aliphatic heterocycles. The lowest BCUT2D eigenvalue weighted by molar-refractivity contribution is -0.134. The molecule has 2 saturated heterocycles. The molecular formula is C21H30FN3O3. The number of amides is 2. The van der Waals surface area contributed by atoms with Gasteiger partial charge >= 0.3 is 0 Å². The standard InChI is InChI=1S/C21H30FN3O3/c22-18-4-1-17(2-5-18)14-24-20(26)6-3-16-7-10-25(11-8-16)21(27)13-19-15-28-12-9-23-19/h1-2,4-5,16,19,23H,3,6-15H2,(H,24,26)/t19-/m0/s1. The molecular weight excluding hydrogens is 361 g/mol. The van der Waals surface area contributed by atoms with E-state index in [1.54, 1.807) is 12.1 Å². The molecule has 2 amide bonds. The van der Waals surface area contributed by atoms with E-state index in [-0.39, 0.29) is 23.7 Å². The molecule has 0 saturated carbocycles. The second kappa shape index (κ2) is 10.5. The van der Waals surface area contributed by atoms with Gasteiger partial charge in [-0.25, -0.2) is 4.39 Å². The van der Waals surface area contributed by atoms with Gasteiger partial charge in [0.2, 0.25) is 11.8 Å². The molecule has 2 fully saturated rings. The number of nitrogens with one attached hydrogen (secondary N) is 2. The van der Waals surface area contributed by atoms with Crippen LogP contribution in [0, 0.1) is 11.7 Å². The van der Waals surface area contributed by atoms with E-state index < -0.39 is 0 Å². The molecule has 7 heteroatoms. The number of carbonyl (C=O) groups is 2. The van der Waals surface area contributed by atoms with Crippen LogP contribution in [0.5, 0.6) is 0 Å². The van der Waals surface area contributed by atoms with E-state index in [0.717, 1.165) is 44.5 Å². The molecule has 154 valence electrons. The molecule has 1 atom stereocenters. The second-order valence-corrected chi connectivity index (χ2v) is 7.70. The average Bonchev–Trinajstić information content (AvgIpc) is 2.73. The molecule has 1 aromatic carbocycles. The van der Waals surface area contributed by atoms with Gasteiger partial charge in [0, 0.05) is 45.1 Å². The summed E-state index contributed by atoms with van der Waals surface area (Å²) in [7, 11) is 0. The zero-order valence-electron chi connectivity index (χ0n) is 16.3. The number of benzene rings is 1. The Labute approximate surface area is 165 Å². The maximum Gasteiger partial charge on any atom is 0.224 e. The molecule has 0 bridgehead atoms. The van der Waals surface area contributed by atoms with Gasteiger partial charge in [0.25, 0.3) is 0 Å². The highest BCUT2D eigenvalue weighted by Crippen LogP contribution is 2.22. The van der Waals surface area contributed by atoms with E-state index in [9.17, 15) is 14.0 Å². The molecule has 0 unspecified atom stereocenters. The van der Waals surface area contributed by atoms with Crippen LogP contribution < -0.4 is 10.6 Å². The van der Waals surface area contributed by atoms with Gasteiger partial charge in [-0.3, -0.25) is 9.59 Å². The normalized spacial score (nSPS) is 20.8. The molecule has 28 heavy (non-hydrogen) atoms. The molecule has 1 aromatic rings. The Morgan fingerprint density at radius 1 is 1.21 bits per heavy atom. The van der Waals surface area contributed by atoms with Gasteiger partial charge in [0.05, 0.1) is 13.2 Å². The quantitative estimate of drug-likeness (QED) is 0.744. The summed E-state index contributed by atoms with van der Waals surface area (Å²) in [6.45, 7) is 4.10. The minimum atomic E-state index is -0.275. The van der Waals surface area contributed by atoms with Crippen LogP contribution in [-0.4, -0.2) is 55.6 Å². The Hall–Kier alpha value is -1.99. The molecule has 2 heterocycles. The lowest BCUT2D eigenvalue weighted by Crippen LogP contribution is -2.46. The smallest absolute Gasteiger partial charge is 0.224 e. The van der Waals surface area contributed by atoms with E-state index in [4.69, 9.17) is 4.74 Å². The highest BCUT2D eigenvalue weighted by molar-refractivity contribution is 5.77. The minimum absolute atomic E-state index is 0.0196. The summed E-state index contributed by atoms with van der Waals surface area (Å²) >= 11 is 0. The number of ether oxygens (including phenoxy) is 1. The van der Waals surface area contributed by atoms with E-state index in [2.05, 4.69) is 10.6 Å². The van der Waals surface area contributed by atoms with Gasteiger partial charge in [-0.05, 0) is 42.9 Å². The van der Waals surface area contributed by atoms with E-state index in [1.807, 2.05) is 4.90 Å². The highest BCUT2D eigenvalue weighted by atomic mass is 19.1. The molecule has 0 radical (unpaired) electrons. The van der Waals surface area contributed by atoms with Crippen LogP contribution in [0.2, 0.25) is 0 Å². The fourth-order valence-electron chi connectivity index (χ4n) is 3.79. The Morgan fingerprint density at radius 2 is 1.96 bits per heavy atom. The van der Waals surface area contributed by atoms with E-state index >= 15 is 0 Å². The highest BCUT2D eigenvalue weighted by Gasteiger charge is 2.25. The number of halogens is 1. The molecule has 0 aliphatic carbocycles. The molecule has 2 aliphatic rings. The first-order valence-electron chi connectivity index (χ1n) is 10.2. The maximum absolute atomic E-state index is 12.9. The Morgan fingerprint density at radius 3 is 2.64 bits per heavy atom. The number of nitrogens with zero attached hydrogens (tertiary/aromatic N) is 1. The van der Waals surface area contributed by atoms with Crippen molar-refractivity contribution in [3.05, 3.63) is 35.6 Å². The van der Waals surface area contributed by atoms with Gasteiger partial charge < -0.3 is 20.3 Å². The fraction of sp³-hybridized carbons (Fsp3) is 0.619. The monoisotopic (exact) mass is 391 g/mol. The molecule has 0 aromatic heterocycles. The number of rotatable bonds is 7. The van der Waals surface area contributed by atoms with Crippen LogP contribution in [0.4, 0.5) is 4.39 Å². The molecule has 2 N–H and O–H groups in total. The third-order valence-electron chi connectivity index (χ3n) is 5.57. The second-order valence-electron chi connectivity index (χ2n) is 7.70. The van der Waals surface area contributed by atoms with E-state index in [1.165, 1.54) is 12.1 Å². The first-order chi connectivity index (χ1) is 13.6. The van der Waals surface area contributed by atoms with E-state index in [0.29, 0.717) is 38.5 Å². The summed E-state index contributed by atoms with van der Waals surface area (Å²) in [5.74, 6) is 0.421. The van der Waals surface area contributed by atoms with Crippen molar-refractivity contribution in [3.63, 3.8) is 0 Å². The van der Waals surface area contributed by atoms with Gasteiger partial charge in [-0.2, -0.15) is 0 Å². The SMILES string of the molecule is O=C(CCC1CCN(C(=O)C[C@H]2COCCN2)CC1)NCc1ccc(F)cc1. The fourth-order valence-corrected chi connectivity index (χ4v) is 3.79. The summed E-state index contributed by atoms with van der Waals surface area (Å²) in [6, 6.07) is 6.28. The summed E-state index contributed by atoms with van der Waals surface area (Å²) in [4.78, 5) is 26.4. The van der Waals surface area contributed by atoms with Crippen LogP contribution in [-0.2, 0) is 20.9 Å². The summed E-state index contributed by atoms with van der Waals surface area (Å²) in [5.41, 5.74) is 0.888. The van der Waals surface area contributed by atoms with Gasteiger partial charge in [-0.15, -0.1) is 0 Å². The average molecular weight is 391 g/mol. The van der Waals surface area contributed by atoms with Crippen LogP contribution in [0.15, 0.2) is 24.3 Å². The lowest BCUT2D eigenvalue weighted by atomic mass is 9.91. The maximum atomic E-state index is 12.9. The zero-order valence-corrected chi connectivity index (χ0v) is 16.3. The van der Waals surface area contributed by atoms with Crippen molar-refractivity contribution in [1.29, 1.82) is 0 Å². The Bertz CT molecular complexity index is 639. The van der Waals surface area contributed by atoms with Gasteiger partial charge in [0.15, 0.2) is 0 Å². The van der Waals surface area contributed by atoms with Crippen LogP contribution >= 0.6 is 0 Å². The summed E-state index contributed by atoms with van der Waals surface area (Å²) in [6.07, 6.45) is 3.73. The Balaban J connectivity index is 1.30. The van der Waals surface area contributed by atoms with Gasteiger partial charge in [0.1, 0.15) is 5.82 Å². The van der Waals surface area contributed by atoms with Gasteiger partial charge in [-0.1, -0.05) is 12.1 Å². The number of carbonyl (C=O) groups excluding carboxylic acids is 2. The van der Waals surface area contributed by atoms with Crippen molar-refractivity contribution in [2.45, 2.75) is 44.7 Å². The largest absolute Gasteiger partial charge is 0.378 e. The van der Waals surface area contributed by atoms with Crippen molar-refractivity contribution in [3.8, 4) is 0 Å². The number of hydrogen-bond donors (Lipinski definition) is 2. The van der Waals surface area contributed by atoms with Crippen LogP contribution in [0.1, 0.15) is 37.7 Å². The van der Waals surface area contributed by atoms with Crippen LogP contribution in [0.3, 0.4) is 0 Å². The van der Waals surface area contributed by atoms with Crippen LogP contribution in [0.25, 0.3) is 0 Å². The predicted molar refractivity (Wildman–Crippen MR) is 104 cm³/mol. The third kappa shape index (κ3) is 6.56. The minimum Gasteiger partial charge on any atom is -0.378 e. The van der Waals surface area contributed by atoms with Crippen molar-refractivity contribution in [1.82, 2.24) is 15.5 Å². The third-order valence-corrected chi connectivity index (χ3v) is 5.57. The molecule has 3 rings (SSSR count). The molecule has 6 nitrogen and oxygen atoms in total. The van der Waals surface area contributed by atoms with Crippen molar-refractivity contribution >= 4 is 11.8 Å². The summed E-state index contributed by atoms with van der Waals surface area (Å²) in [5, 5.41) is 6.21. The first-order valence-corrected chi connectivity index (χ1v) is 10.2. The van der Waals surface area contributed by atoms with Crippen molar-refractivity contribution < 1.29 is 18.7 Å². The van der Waals surface area contributed by atoms with Crippen molar-refractivity contribution in [2.24, 2.45) is 5.92 Å². The lowest BCUT2D eigenvalue weighted by Gasteiger charge is -2.33. The number of likely N-dealkylation sites (tertiary alicyclic amines) is 1. The van der Waals surface area contributed by atoms with Crippen molar-refractivity contribution in [2.75, 3.05) is 32.8 Å². The number of piperidine rings is 1. The number of hydrogen-bond acceptors (Lipinski definition) is 4. The Kier molecular flexibility index (Phi) is 7.80. The first kappa shape index (κ1) is 20.7. The zero-order chi connectivity index (χ0) is 19.8. The summed E-state index contributed by atoms with van der Waals surface area (Å²) < 4.78 is 18.3. The predicted octanol–water partition coefficient (Wildman–Crippen LogP) is 1.84. The number of morpholine rings is 1. The molecule has 0 spiro atoms. The topological polar surface area (TPSA) is 70.7 Å².